The molecule has 1 amide bonds. The van der Waals surface area contributed by atoms with Gasteiger partial charge in [-0.2, -0.15) is 0 Å². The number of rotatable bonds is 3. The number of carbonyl (C=O) groups is 1. The van der Waals surface area contributed by atoms with E-state index in [-0.39, 0.29) is 28.2 Å². The van der Waals surface area contributed by atoms with Crippen molar-refractivity contribution in [3.05, 3.63) is 65.2 Å². The fourth-order valence-electron chi connectivity index (χ4n) is 11.0. The van der Waals surface area contributed by atoms with Crippen LogP contribution in [0.2, 0.25) is 0 Å². The number of hydrogen-bond donors (Lipinski definition) is 2. The summed E-state index contributed by atoms with van der Waals surface area (Å²) >= 11 is 0. The Bertz CT molecular complexity index is 1230. The Morgan fingerprint density at radius 2 is 2.03 bits per heavy atom. The average molecular weight is 456 g/mol. The van der Waals surface area contributed by atoms with Gasteiger partial charge in [0.25, 0.3) is 5.91 Å². The van der Waals surface area contributed by atoms with Gasteiger partial charge in [0.2, 0.25) is 0 Å². The Kier molecular flexibility index (Phi) is 3.54. The van der Waals surface area contributed by atoms with E-state index in [1.165, 1.54) is 24.0 Å². The third kappa shape index (κ3) is 1.88. The maximum Gasteiger partial charge on any atom is 0.254 e. The van der Waals surface area contributed by atoms with Crippen LogP contribution in [0.3, 0.4) is 0 Å². The molecule has 5 nitrogen and oxygen atoms in total. The quantitative estimate of drug-likeness (QED) is 0.746. The molecular weight excluding hydrogens is 422 g/mol. The molecule has 8 rings (SSSR count). The number of likely N-dealkylation sites (tertiary alicyclic amines) is 2. The molecule has 6 aliphatic rings. The number of nitrogens with two attached hydrogens (primary N) is 1. The molecule has 2 aromatic carbocycles. The number of piperidine rings is 1. The maximum absolute atomic E-state index is 13.7. The van der Waals surface area contributed by atoms with Gasteiger partial charge in [-0.3, -0.25) is 9.69 Å². The van der Waals surface area contributed by atoms with Crippen LogP contribution in [-0.2, 0) is 11.8 Å². The van der Waals surface area contributed by atoms with Crippen molar-refractivity contribution < 1.29 is 9.90 Å². The molecule has 2 heterocycles. The first-order valence-corrected chi connectivity index (χ1v) is 13.1. The molecule has 3 N–H and O–H groups in total. The molecule has 8 atom stereocenters. The molecule has 34 heavy (non-hydrogen) atoms. The van der Waals surface area contributed by atoms with Gasteiger partial charge < -0.3 is 15.7 Å². The Hall–Kier alpha value is -2.37. The minimum atomic E-state index is 0.104. The average Bonchev–Trinajstić information content (AvgIpc) is 3.32. The minimum Gasteiger partial charge on any atom is -0.508 e. The maximum atomic E-state index is 13.7. The van der Waals surface area contributed by atoms with E-state index in [2.05, 4.69) is 28.9 Å². The lowest BCUT2D eigenvalue weighted by Gasteiger charge is -2.84. The molecule has 0 radical (unpaired) electrons. The summed E-state index contributed by atoms with van der Waals surface area (Å²) in [6.45, 7) is 5.10. The van der Waals surface area contributed by atoms with Crippen molar-refractivity contribution in [2.24, 2.45) is 28.4 Å². The summed E-state index contributed by atoms with van der Waals surface area (Å²) in [5.74, 6) is 1.65. The van der Waals surface area contributed by atoms with Crippen molar-refractivity contribution in [3.63, 3.8) is 0 Å². The highest BCUT2D eigenvalue weighted by atomic mass is 16.3. The van der Waals surface area contributed by atoms with E-state index in [0.29, 0.717) is 29.7 Å². The normalized spacial score (nSPS) is 43.3. The number of benzene rings is 2. The van der Waals surface area contributed by atoms with Crippen LogP contribution in [-0.4, -0.2) is 58.6 Å². The number of nitrogens with zero attached hydrogens (tertiary/aromatic N) is 2. The molecule has 6 unspecified atom stereocenters. The van der Waals surface area contributed by atoms with Crippen molar-refractivity contribution in [1.29, 1.82) is 0 Å². The number of hydrogen-bond acceptors (Lipinski definition) is 4. The van der Waals surface area contributed by atoms with E-state index in [1.54, 1.807) is 0 Å². The first-order valence-electron chi connectivity index (χ1n) is 13.1. The summed E-state index contributed by atoms with van der Waals surface area (Å²) in [5.41, 5.74) is 10.6. The molecule has 176 valence electrons. The van der Waals surface area contributed by atoms with E-state index in [0.717, 1.165) is 38.0 Å². The van der Waals surface area contributed by atoms with Crippen LogP contribution in [0.5, 0.6) is 5.75 Å². The molecule has 2 aromatic rings. The molecule has 2 aliphatic heterocycles. The third-order valence-corrected chi connectivity index (χ3v) is 11.1. The first kappa shape index (κ1) is 19.9. The van der Waals surface area contributed by atoms with Crippen LogP contribution in [0.1, 0.15) is 47.7 Å². The number of amides is 1. The van der Waals surface area contributed by atoms with Crippen molar-refractivity contribution in [1.82, 2.24) is 9.80 Å². The van der Waals surface area contributed by atoms with Gasteiger partial charge in [-0.25, -0.2) is 0 Å². The third-order valence-electron chi connectivity index (χ3n) is 11.1. The van der Waals surface area contributed by atoms with Crippen molar-refractivity contribution in [2.75, 3.05) is 19.6 Å². The molecular formula is C29H33N3O2. The highest BCUT2D eigenvalue weighted by molar-refractivity contribution is 5.94. The van der Waals surface area contributed by atoms with Gasteiger partial charge in [-0.15, -0.1) is 0 Å². The van der Waals surface area contributed by atoms with Gasteiger partial charge in [0, 0.05) is 54.2 Å². The van der Waals surface area contributed by atoms with Crippen LogP contribution in [0.25, 0.3) is 0 Å². The summed E-state index contributed by atoms with van der Waals surface area (Å²) < 4.78 is 0. The summed E-state index contributed by atoms with van der Waals surface area (Å²) in [6, 6.07) is 17.1. The lowest BCUT2D eigenvalue weighted by atomic mass is 9.27. The second-order valence-corrected chi connectivity index (χ2v) is 12.4. The summed E-state index contributed by atoms with van der Waals surface area (Å²) in [6.07, 6.45) is 4.62. The standard InChI is InChI=1S/C29H33N3O2/c1-17(30)14-31-16-28-12-19-7-8-21(33)11-22(19)29(28)24-20-13-27(29,26(28)31)10-9-23(24)32(15-20)25(34)18-5-3-2-4-6-18/h2-8,11,17,20,23-24,26,33H,9-10,12-16,30H2,1H3/t17-,20-,23?,24?,26?,27?,28?,29?/m1/s1. The topological polar surface area (TPSA) is 69.8 Å². The summed E-state index contributed by atoms with van der Waals surface area (Å²) in [7, 11) is 0. The van der Waals surface area contributed by atoms with Gasteiger partial charge in [0.1, 0.15) is 5.75 Å². The molecule has 3 saturated carbocycles. The second-order valence-electron chi connectivity index (χ2n) is 12.4. The Balaban J connectivity index is 1.26. The number of phenols is 1. The SMILES string of the molecule is C[C@@H](N)CN1CC23Cc4ccc(O)cc4C24C2C5CCC4(C[C@@H]2CN5C(=O)c2ccccc2)C13. The van der Waals surface area contributed by atoms with E-state index in [9.17, 15) is 9.90 Å². The fraction of sp³-hybridized carbons (Fsp3) is 0.552. The van der Waals surface area contributed by atoms with Crippen LogP contribution >= 0.6 is 0 Å². The zero-order chi connectivity index (χ0) is 23.0. The Morgan fingerprint density at radius 3 is 2.82 bits per heavy atom. The Morgan fingerprint density at radius 1 is 1.21 bits per heavy atom. The predicted octanol–water partition coefficient (Wildman–Crippen LogP) is 3.16. The monoisotopic (exact) mass is 455 g/mol. The van der Waals surface area contributed by atoms with E-state index >= 15 is 0 Å². The first-order chi connectivity index (χ1) is 16.4. The molecule has 2 saturated heterocycles. The molecule has 0 aromatic heterocycles. The van der Waals surface area contributed by atoms with E-state index in [4.69, 9.17) is 5.73 Å². The fourth-order valence-corrected chi connectivity index (χ4v) is 11.0. The lowest BCUT2D eigenvalue weighted by molar-refractivity contribution is -0.322. The molecule has 5 heteroatoms. The number of phenolic OH excluding ortho intramolecular Hbond substituents is 1. The second kappa shape index (κ2) is 6.06. The van der Waals surface area contributed by atoms with E-state index < -0.39 is 0 Å². The van der Waals surface area contributed by atoms with E-state index in [1.807, 2.05) is 36.4 Å². The molecule has 4 aliphatic carbocycles. The summed E-state index contributed by atoms with van der Waals surface area (Å²) in [5, 5.41) is 10.6. The van der Waals surface area contributed by atoms with Gasteiger partial charge in [0.15, 0.2) is 0 Å². The van der Waals surface area contributed by atoms with Crippen LogP contribution in [0.4, 0.5) is 0 Å². The van der Waals surface area contributed by atoms with Crippen LogP contribution in [0.15, 0.2) is 48.5 Å². The smallest absolute Gasteiger partial charge is 0.254 e. The highest BCUT2D eigenvalue weighted by Gasteiger charge is 2.93. The van der Waals surface area contributed by atoms with Gasteiger partial charge in [-0.05, 0) is 85.3 Å². The molecule has 5 fully saturated rings. The van der Waals surface area contributed by atoms with Crippen LogP contribution < -0.4 is 5.73 Å². The largest absolute Gasteiger partial charge is 0.508 e. The Labute approximate surface area is 200 Å². The number of fused-ring (bicyclic) bond motifs is 1. The van der Waals surface area contributed by atoms with Crippen molar-refractivity contribution >= 4 is 5.91 Å². The minimum absolute atomic E-state index is 0.104. The van der Waals surface area contributed by atoms with Gasteiger partial charge in [0.05, 0.1) is 0 Å². The van der Waals surface area contributed by atoms with Crippen molar-refractivity contribution in [3.8, 4) is 5.75 Å². The summed E-state index contributed by atoms with van der Waals surface area (Å²) in [4.78, 5) is 18.6. The zero-order valence-electron chi connectivity index (χ0n) is 19.8. The number of aromatic hydroxyl groups is 1. The zero-order valence-corrected chi connectivity index (χ0v) is 19.8. The van der Waals surface area contributed by atoms with Gasteiger partial charge in [-0.1, -0.05) is 24.3 Å². The molecule has 2 bridgehead atoms. The predicted molar refractivity (Wildman–Crippen MR) is 129 cm³/mol. The highest BCUT2D eigenvalue weighted by Crippen LogP contribution is 2.90. The molecule has 2 spiro atoms. The number of carbonyl (C=O) groups excluding carboxylic acids is 1. The van der Waals surface area contributed by atoms with Crippen molar-refractivity contribution in [2.45, 2.75) is 56.1 Å². The lowest BCUT2D eigenvalue weighted by Crippen LogP contribution is -2.91. The van der Waals surface area contributed by atoms with Crippen LogP contribution in [0, 0.1) is 22.7 Å². The van der Waals surface area contributed by atoms with Gasteiger partial charge >= 0.3 is 0 Å².